The fraction of sp³-hybridized carbons (Fsp3) is 0.421. The highest BCUT2D eigenvalue weighted by molar-refractivity contribution is 5.85. The Morgan fingerprint density at radius 3 is 2.31 bits per heavy atom. The van der Waals surface area contributed by atoms with Crippen LogP contribution in [-0.4, -0.2) is 19.9 Å². The monoisotopic (exact) mass is 375 g/mol. The van der Waals surface area contributed by atoms with E-state index >= 15 is 0 Å². The molecule has 0 unspecified atom stereocenters. The first kappa shape index (κ1) is 20.1. The molecule has 0 aliphatic rings. The predicted octanol–water partition coefficient (Wildman–Crippen LogP) is 4.36. The topological polar surface area (TPSA) is 82.8 Å². The lowest BCUT2D eigenvalue weighted by Crippen LogP contribution is -2.25. The van der Waals surface area contributed by atoms with E-state index in [0.717, 1.165) is 16.8 Å². The summed E-state index contributed by atoms with van der Waals surface area (Å²) < 4.78 is 7.50. The summed E-state index contributed by atoms with van der Waals surface area (Å²) in [6, 6.07) is 9.87. The Bertz CT molecular complexity index is 859. The summed E-state index contributed by atoms with van der Waals surface area (Å²) in [6.07, 6.45) is 0. The number of hydrogen-bond donors (Lipinski definition) is 1. The molecule has 2 aromatic heterocycles. The van der Waals surface area contributed by atoms with Gasteiger partial charge in [0.05, 0.1) is 5.54 Å². The molecule has 140 valence electrons. The van der Waals surface area contributed by atoms with Gasteiger partial charge in [-0.3, -0.25) is 4.68 Å². The van der Waals surface area contributed by atoms with Crippen LogP contribution >= 0.6 is 12.4 Å². The molecular weight excluding hydrogens is 350 g/mol. The third-order valence-electron chi connectivity index (χ3n) is 4.06. The molecule has 2 heterocycles. The average molecular weight is 376 g/mol. The lowest BCUT2D eigenvalue weighted by atomic mass is 10.1. The summed E-state index contributed by atoms with van der Waals surface area (Å²) in [5, 5.41) is 8.81. The van der Waals surface area contributed by atoms with Crippen molar-refractivity contribution >= 4 is 12.4 Å². The average Bonchev–Trinajstić information content (AvgIpc) is 3.21. The smallest absolute Gasteiger partial charge is 0.278 e. The predicted molar refractivity (Wildman–Crippen MR) is 105 cm³/mol. The summed E-state index contributed by atoms with van der Waals surface area (Å²) in [5.41, 5.74) is 9.34. The Morgan fingerprint density at radius 1 is 1.15 bits per heavy atom. The molecule has 6 nitrogen and oxygen atoms in total. The molecule has 0 aliphatic carbocycles. The van der Waals surface area contributed by atoms with Crippen LogP contribution in [-0.2, 0) is 12.1 Å². The van der Waals surface area contributed by atoms with Gasteiger partial charge < -0.3 is 10.3 Å². The van der Waals surface area contributed by atoms with Crippen LogP contribution in [0.3, 0.4) is 0 Å². The number of nitrogens with two attached hydrogens (primary N) is 1. The molecule has 0 amide bonds. The zero-order valence-corrected chi connectivity index (χ0v) is 16.7. The number of benzene rings is 1. The van der Waals surface area contributed by atoms with Crippen LogP contribution in [0.2, 0.25) is 0 Å². The fourth-order valence-electron chi connectivity index (χ4n) is 2.68. The second-order valence-corrected chi connectivity index (χ2v) is 7.52. The molecule has 3 aromatic rings. The van der Waals surface area contributed by atoms with Crippen LogP contribution in [0.1, 0.15) is 51.8 Å². The molecular formula is C19H26ClN5O. The summed E-state index contributed by atoms with van der Waals surface area (Å²) in [7, 11) is 0. The molecule has 1 aromatic carbocycles. The SMILES string of the molecule is CC(C)c1cc(-c2nc(-c3ccc(CN)cc3)no2)nn1C(C)(C)C.Cl. The molecule has 26 heavy (non-hydrogen) atoms. The van der Waals surface area contributed by atoms with Crippen LogP contribution in [0.25, 0.3) is 23.0 Å². The maximum atomic E-state index is 5.63. The van der Waals surface area contributed by atoms with E-state index in [-0.39, 0.29) is 17.9 Å². The molecule has 0 bridgehead atoms. The van der Waals surface area contributed by atoms with Gasteiger partial charge in [-0.15, -0.1) is 12.4 Å². The van der Waals surface area contributed by atoms with Crippen molar-refractivity contribution in [3.63, 3.8) is 0 Å². The van der Waals surface area contributed by atoms with Crippen molar-refractivity contribution in [3.05, 3.63) is 41.6 Å². The highest BCUT2D eigenvalue weighted by Gasteiger charge is 2.24. The van der Waals surface area contributed by atoms with Gasteiger partial charge in [-0.2, -0.15) is 10.1 Å². The third-order valence-corrected chi connectivity index (χ3v) is 4.06. The van der Waals surface area contributed by atoms with E-state index in [4.69, 9.17) is 15.4 Å². The van der Waals surface area contributed by atoms with Gasteiger partial charge in [-0.05, 0) is 38.3 Å². The molecule has 0 aliphatic heterocycles. The van der Waals surface area contributed by atoms with Crippen LogP contribution in [0.4, 0.5) is 0 Å². The molecule has 7 heteroatoms. The first-order chi connectivity index (χ1) is 11.8. The molecule has 0 spiro atoms. The van der Waals surface area contributed by atoms with Crippen LogP contribution < -0.4 is 5.73 Å². The van der Waals surface area contributed by atoms with E-state index in [1.165, 1.54) is 0 Å². The highest BCUT2D eigenvalue weighted by atomic mass is 35.5. The summed E-state index contributed by atoms with van der Waals surface area (Å²) in [4.78, 5) is 4.52. The lowest BCUT2D eigenvalue weighted by Gasteiger charge is -2.23. The van der Waals surface area contributed by atoms with Crippen LogP contribution in [0.15, 0.2) is 34.9 Å². The Kier molecular flexibility index (Phi) is 5.88. The molecule has 0 fully saturated rings. The molecule has 0 saturated carbocycles. The van der Waals surface area contributed by atoms with Gasteiger partial charge in [0, 0.05) is 17.8 Å². The number of halogens is 1. The van der Waals surface area contributed by atoms with Crippen molar-refractivity contribution in [1.82, 2.24) is 19.9 Å². The van der Waals surface area contributed by atoms with Gasteiger partial charge in [0.1, 0.15) is 0 Å². The van der Waals surface area contributed by atoms with Gasteiger partial charge in [-0.1, -0.05) is 43.3 Å². The number of hydrogen-bond acceptors (Lipinski definition) is 5. The standard InChI is InChI=1S/C19H25N5O.ClH/c1-12(2)16-10-15(22-24(16)19(3,4)5)18-21-17(23-25-18)14-8-6-13(11-20)7-9-14;/h6-10,12H,11,20H2,1-5H3;1H. The minimum absolute atomic E-state index is 0. The third kappa shape index (κ3) is 3.97. The van der Waals surface area contributed by atoms with Crippen molar-refractivity contribution in [2.75, 3.05) is 0 Å². The first-order valence-electron chi connectivity index (χ1n) is 8.53. The second kappa shape index (κ2) is 7.60. The Balaban J connectivity index is 0.00000243. The van der Waals surface area contributed by atoms with Crippen molar-refractivity contribution in [2.24, 2.45) is 5.73 Å². The van der Waals surface area contributed by atoms with Gasteiger partial charge in [-0.25, -0.2) is 0 Å². The van der Waals surface area contributed by atoms with E-state index in [1.54, 1.807) is 0 Å². The molecule has 2 N–H and O–H groups in total. The maximum absolute atomic E-state index is 5.63. The number of nitrogens with zero attached hydrogens (tertiary/aromatic N) is 4. The minimum Gasteiger partial charge on any atom is -0.332 e. The number of rotatable bonds is 4. The zero-order valence-electron chi connectivity index (χ0n) is 15.9. The van der Waals surface area contributed by atoms with E-state index in [0.29, 0.717) is 29.9 Å². The second-order valence-electron chi connectivity index (χ2n) is 7.52. The van der Waals surface area contributed by atoms with Crippen molar-refractivity contribution in [2.45, 2.75) is 52.6 Å². The number of aromatic nitrogens is 4. The molecule has 0 saturated heterocycles. The lowest BCUT2D eigenvalue weighted by molar-refractivity contribution is 0.338. The normalized spacial score (nSPS) is 11.7. The Hall–Kier alpha value is -2.18. The van der Waals surface area contributed by atoms with E-state index in [1.807, 2.05) is 35.0 Å². The highest BCUT2D eigenvalue weighted by Crippen LogP contribution is 2.28. The fourth-order valence-corrected chi connectivity index (χ4v) is 2.68. The van der Waals surface area contributed by atoms with Gasteiger partial charge in [0.2, 0.25) is 5.82 Å². The van der Waals surface area contributed by atoms with E-state index < -0.39 is 0 Å². The Labute approximate surface area is 160 Å². The van der Waals surface area contributed by atoms with E-state index in [2.05, 4.69) is 44.8 Å². The van der Waals surface area contributed by atoms with Gasteiger partial charge in [0.15, 0.2) is 5.69 Å². The summed E-state index contributed by atoms with van der Waals surface area (Å²) in [6.45, 7) is 11.2. The quantitative estimate of drug-likeness (QED) is 0.732. The van der Waals surface area contributed by atoms with Gasteiger partial charge >= 0.3 is 0 Å². The molecule has 0 radical (unpaired) electrons. The summed E-state index contributed by atoms with van der Waals surface area (Å²) >= 11 is 0. The van der Waals surface area contributed by atoms with Crippen molar-refractivity contribution in [3.8, 4) is 23.0 Å². The Morgan fingerprint density at radius 2 is 1.81 bits per heavy atom. The summed E-state index contributed by atoms with van der Waals surface area (Å²) in [5.74, 6) is 1.34. The van der Waals surface area contributed by atoms with Crippen LogP contribution in [0.5, 0.6) is 0 Å². The molecule has 0 atom stereocenters. The largest absolute Gasteiger partial charge is 0.332 e. The van der Waals surface area contributed by atoms with E-state index in [9.17, 15) is 0 Å². The van der Waals surface area contributed by atoms with Crippen molar-refractivity contribution in [1.29, 1.82) is 0 Å². The minimum atomic E-state index is -0.112. The van der Waals surface area contributed by atoms with Crippen LogP contribution in [0, 0.1) is 0 Å². The first-order valence-corrected chi connectivity index (χ1v) is 8.53. The zero-order chi connectivity index (χ0) is 18.2. The van der Waals surface area contributed by atoms with Gasteiger partial charge in [0.25, 0.3) is 5.89 Å². The maximum Gasteiger partial charge on any atom is 0.278 e. The molecule has 3 rings (SSSR count). The van der Waals surface area contributed by atoms with Crippen molar-refractivity contribution < 1.29 is 4.52 Å².